The predicted molar refractivity (Wildman–Crippen MR) is 86.4 cm³/mol. The van der Waals surface area contributed by atoms with Crippen LogP contribution in [-0.4, -0.2) is 6.54 Å². The smallest absolute Gasteiger partial charge is 0.0374 e. The maximum absolute atomic E-state index is 3.80. The normalized spacial score (nSPS) is 20.2. The van der Waals surface area contributed by atoms with E-state index >= 15 is 0 Å². The van der Waals surface area contributed by atoms with E-state index in [0.29, 0.717) is 11.5 Å². The second-order valence-corrected chi connectivity index (χ2v) is 7.07. The number of halogens is 1. The van der Waals surface area contributed by atoms with E-state index < -0.39 is 0 Å². The van der Waals surface area contributed by atoms with Gasteiger partial charge >= 0.3 is 0 Å². The van der Waals surface area contributed by atoms with Crippen molar-refractivity contribution < 1.29 is 0 Å². The van der Waals surface area contributed by atoms with Gasteiger partial charge in [0, 0.05) is 10.5 Å². The van der Waals surface area contributed by atoms with Gasteiger partial charge < -0.3 is 5.32 Å². The number of hydrogen-bond donors (Lipinski definition) is 1. The molecule has 1 saturated carbocycles. The first-order valence-electron chi connectivity index (χ1n) is 7.64. The molecule has 1 atom stereocenters. The van der Waals surface area contributed by atoms with Crippen LogP contribution in [0, 0.1) is 5.41 Å². The lowest BCUT2D eigenvalue weighted by Crippen LogP contribution is -2.38. The summed E-state index contributed by atoms with van der Waals surface area (Å²) in [6, 6.07) is 9.39. The van der Waals surface area contributed by atoms with Gasteiger partial charge in [-0.3, -0.25) is 0 Å². The Morgan fingerprint density at radius 2 is 1.79 bits per heavy atom. The average Bonchev–Trinajstić information content (AvgIpc) is 2.42. The van der Waals surface area contributed by atoms with Gasteiger partial charge in [0.25, 0.3) is 0 Å². The van der Waals surface area contributed by atoms with Gasteiger partial charge in [-0.2, -0.15) is 0 Å². The Bertz CT molecular complexity index is 379. The Labute approximate surface area is 126 Å². The average molecular weight is 324 g/mol. The van der Waals surface area contributed by atoms with E-state index in [4.69, 9.17) is 0 Å². The van der Waals surface area contributed by atoms with Crippen LogP contribution >= 0.6 is 15.9 Å². The zero-order chi connectivity index (χ0) is 13.7. The van der Waals surface area contributed by atoms with E-state index in [1.54, 1.807) is 0 Å². The highest BCUT2D eigenvalue weighted by molar-refractivity contribution is 9.10. The van der Waals surface area contributed by atoms with Gasteiger partial charge in [0.15, 0.2) is 0 Å². The Morgan fingerprint density at radius 3 is 2.37 bits per heavy atom. The van der Waals surface area contributed by atoms with Crippen LogP contribution in [0.1, 0.15) is 64.0 Å². The third kappa shape index (κ3) is 3.82. The summed E-state index contributed by atoms with van der Waals surface area (Å²) in [5, 5.41) is 3.80. The predicted octanol–water partition coefficient (Wildman–Crippen LogP) is 5.46. The molecule has 0 heterocycles. The van der Waals surface area contributed by atoms with Crippen LogP contribution in [0.2, 0.25) is 0 Å². The lowest BCUT2D eigenvalue weighted by Gasteiger charge is -2.41. The lowest BCUT2D eigenvalue weighted by molar-refractivity contribution is 0.144. The van der Waals surface area contributed by atoms with Crippen LogP contribution in [0.25, 0.3) is 0 Å². The molecule has 0 aliphatic heterocycles. The summed E-state index contributed by atoms with van der Waals surface area (Å²) in [4.78, 5) is 0. The van der Waals surface area contributed by atoms with Crippen molar-refractivity contribution in [2.24, 2.45) is 5.41 Å². The number of benzene rings is 1. The van der Waals surface area contributed by atoms with Crippen LogP contribution in [0.4, 0.5) is 0 Å². The molecule has 0 saturated heterocycles. The first kappa shape index (κ1) is 15.1. The fourth-order valence-corrected chi connectivity index (χ4v) is 3.62. The standard InChI is InChI=1S/C17H26BrN/c1-3-13-19-16(14-7-9-15(18)10-8-14)17(2)11-5-4-6-12-17/h7-10,16,19H,3-6,11-13H2,1-2H3. The maximum Gasteiger partial charge on any atom is 0.0374 e. The van der Waals surface area contributed by atoms with Crippen LogP contribution in [-0.2, 0) is 0 Å². The first-order valence-corrected chi connectivity index (χ1v) is 8.44. The fraction of sp³-hybridized carbons (Fsp3) is 0.647. The van der Waals surface area contributed by atoms with E-state index in [1.807, 2.05) is 0 Å². The molecule has 0 amide bonds. The van der Waals surface area contributed by atoms with Gasteiger partial charge in [-0.25, -0.2) is 0 Å². The van der Waals surface area contributed by atoms with Gasteiger partial charge in [0.1, 0.15) is 0 Å². The fourth-order valence-electron chi connectivity index (χ4n) is 3.36. The summed E-state index contributed by atoms with van der Waals surface area (Å²) >= 11 is 3.54. The van der Waals surface area contributed by atoms with Gasteiger partial charge in [-0.1, -0.05) is 61.2 Å². The Kier molecular flexibility index (Phi) is 5.47. The monoisotopic (exact) mass is 323 g/mol. The van der Waals surface area contributed by atoms with E-state index in [9.17, 15) is 0 Å². The Morgan fingerprint density at radius 1 is 1.16 bits per heavy atom. The van der Waals surface area contributed by atoms with Gasteiger partial charge in [-0.05, 0) is 48.9 Å². The van der Waals surface area contributed by atoms with Crippen molar-refractivity contribution in [2.45, 2.75) is 58.4 Å². The third-order valence-corrected chi connectivity index (χ3v) is 5.02. The highest BCUT2D eigenvalue weighted by Gasteiger charge is 2.35. The molecule has 2 rings (SSSR count). The second-order valence-electron chi connectivity index (χ2n) is 6.15. The molecule has 1 aromatic carbocycles. The molecular formula is C17H26BrN. The minimum absolute atomic E-state index is 0.418. The topological polar surface area (TPSA) is 12.0 Å². The van der Waals surface area contributed by atoms with E-state index in [-0.39, 0.29) is 0 Å². The summed E-state index contributed by atoms with van der Waals surface area (Å²) in [6.07, 6.45) is 8.09. The second kappa shape index (κ2) is 6.90. The summed E-state index contributed by atoms with van der Waals surface area (Å²) in [5.41, 5.74) is 1.86. The molecule has 1 nitrogen and oxygen atoms in total. The van der Waals surface area contributed by atoms with Crippen molar-refractivity contribution in [2.75, 3.05) is 6.54 Å². The highest BCUT2D eigenvalue weighted by atomic mass is 79.9. The van der Waals surface area contributed by atoms with E-state index in [1.165, 1.54) is 48.6 Å². The molecule has 1 aliphatic carbocycles. The number of nitrogens with one attached hydrogen (secondary N) is 1. The molecule has 0 radical (unpaired) electrons. The van der Waals surface area contributed by atoms with Crippen molar-refractivity contribution in [3.8, 4) is 0 Å². The zero-order valence-corrected chi connectivity index (χ0v) is 13.8. The number of rotatable bonds is 5. The molecule has 1 unspecified atom stereocenters. The third-order valence-electron chi connectivity index (χ3n) is 4.49. The zero-order valence-electron chi connectivity index (χ0n) is 12.2. The molecular weight excluding hydrogens is 298 g/mol. The SMILES string of the molecule is CCCNC(c1ccc(Br)cc1)C1(C)CCCCC1. The minimum Gasteiger partial charge on any atom is -0.309 e. The van der Waals surface area contributed by atoms with Crippen molar-refractivity contribution in [3.63, 3.8) is 0 Å². The molecule has 1 aromatic rings. The number of hydrogen-bond acceptors (Lipinski definition) is 1. The van der Waals surface area contributed by atoms with Crippen molar-refractivity contribution in [3.05, 3.63) is 34.3 Å². The van der Waals surface area contributed by atoms with E-state index in [0.717, 1.165) is 6.54 Å². The van der Waals surface area contributed by atoms with Crippen molar-refractivity contribution in [1.82, 2.24) is 5.32 Å². The highest BCUT2D eigenvalue weighted by Crippen LogP contribution is 2.45. The summed E-state index contributed by atoms with van der Waals surface area (Å²) in [5.74, 6) is 0. The quantitative estimate of drug-likeness (QED) is 0.758. The van der Waals surface area contributed by atoms with Gasteiger partial charge in [-0.15, -0.1) is 0 Å². The van der Waals surface area contributed by atoms with Crippen molar-refractivity contribution in [1.29, 1.82) is 0 Å². The van der Waals surface area contributed by atoms with Gasteiger partial charge in [0.2, 0.25) is 0 Å². The molecule has 1 fully saturated rings. The van der Waals surface area contributed by atoms with E-state index in [2.05, 4.69) is 59.4 Å². The van der Waals surface area contributed by atoms with Crippen LogP contribution < -0.4 is 5.32 Å². The molecule has 0 bridgehead atoms. The van der Waals surface area contributed by atoms with Crippen molar-refractivity contribution >= 4 is 15.9 Å². The van der Waals surface area contributed by atoms with Crippen LogP contribution in [0.15, 0.2) is 28.7 Å². The summed E-state index contributed by atoms with van der Waals surface area (Å²) in [7, 11) is 0. The van der Waals surface area contributed by atoms with Crippen LogP contribution in [0.5, 0.6) is 0 Å². The molecule has 1 aliphatic rings. The molecule has 19 heavy (non-hydrogen) atoms. The molecule has 2 heteroatoms. The summed E-state index contributed by atoms with van der Waals surface area (Å²) in [6.45, 7) is 5.83. The van der Waals surface area contributed by atoms with Gasteiger partial charge in [0.05, 0.1) is 0 Å². The molecule has 1 N–H and O–H groups in total. The first-order chi connectivity index (χ1) is 9.15. The Hall–Kier alpha value is -0.340. The maximum atomic E-state index is 3.80. The van der Waals surface area contributed by atoms with Crippen LogP contribution in [0.3, 0.4) is 0 Å². The molecule has 0 spiro atoms. The summed E-state index contributed by atoms with van der Waals surface area (Å²) < 4.78 is 1.17. The minimum atomic E-state index is 0.418. The molecule has 106 valence electrons. The Balaban J connectivity index is 2.21. The largest absolute Gasteiger partial charge is 0.309 e. The molecule has 0 aromatic heterocycles. The lowest BCUT2D eigenvalue weighted by atomic mass is 9.68.